The Labute approximate surface area is 172 Å². The molecule has 152 valence electrons. The predicted octanol–water partition coefficient (Wildman–Crippen LogP) is 1.70. The third-order valence-electron chi connectivity index (χ3n) is 4.65. The van der Waals surface area contributed by atoms with Crippen LogP contribution < -0.4 is 10.2 Å². The molecule has 0 spiro atoms. The number of hydrogen-bond donors (Lipinski definition) is 2. The summed E-state index contributed by atoms with van der Waals surface area (Å²) >= 11 is 1.70. The molecule has 8 heteroatoms. The van der Waals surface area contributed by atoms with E-state index in [2.05, 4.69) is 29.6 Å². The molecule has 0 saturated carbocycles. The lowest BCUT2D eigenvalue weighted by Crippen LogP contribution is -3.12. The molecule has 28 heavy (non-hydrogen) atoms. The van der Waals surface area contributed by atoms with Gasteiger partial charge in [-0.2, -0.15) is 0 Å². The van der Waals surface area contributed by atoms with E-state index >= 15 is 0 Å². The van der Waals surface area contributed by atoms with Gasteiger partial charge in [0.25, 0.3) is 5.91 Å². The number of likely N-dealkylation sites (N-methyl/N-ethyl adjacent to an activating group) is 1. The molecule has 0 aliphatic carbocycles. The quantitative estimate of drug-likeness (QED) is 0.636. The van der Waals surface area contributed by atoms with Crippen LogP contribution in [0.15, 0.2) is 58.3 Å². The summed E-state index contributed by atoms with van der Waals surface area (Å²) in [4.78, 5) is 15.1. The van der Waals surface area contributed by atoms with Crippen LogP contribution in [0.25, 0.3) is 0 Å². The molecule has 2 aromatic carbocycles. The first-order valence-electron chi connectivity index (χ1n) is 8.94. The van der Waals surface area contributed by atoms with E-state index in [1.165, 1.54) is 31.1 Å². The number of quaternary nitrogens is 1. The van der Waals surface area contributed by atoms with Gasteiger partial charge >= 0.3 is 0 Å². The van der Waals surface area contributed by atoms with E-state index in [9.17, 15) is 13.2 Å². The van der Waals surface area contributed by atoms with Crippen molar-refractivity contribution in [1.29, 1.82) is 0 Å². The van der Waals surface area contributed by atoms with Gasteiger partial charge in [0, 0.05) is 30.2 Å². The average Bonchev–Trinajstić information content (AvgIpc) is 2.67. The Morgan fingerprint density at radius 1 is 1.18 bits per heavy atom. The van der Waals surface area contributed by atoms with Crippen LogP contribution in [0, 0.1) is 0 Å². The van der Waals surface area contributed by atoms with Crippen molar-refractivity contribution in [2.24, 2.45) is 0 Å². The number of anilines is 1. The fourth-order valence-electron chi connectivity index (χ4n) is 2.64. The summed E-state index contributed by atoms with van der Waals surface area (Å²) in [7, 11) is 1.39. The fraction of sp³-hybridized carbons (Fsp3) is 0.350. The zero-order valence-corrected chi connectivity index (χ0v) is 18.5. The topological polar surface area (TPSA) is 70.9 Å². The number of sulfonamides is 1. The van der Waals surface area contributed by atoms with E-state index in [-0.39, 0.29) is 16.8 Å². The lowest BCUT2D eigenvalue weighted by atomic mass is 10.2. The second-order valence-electron chi connectivity index (χ2n) is 6.90. The Morgan fingerprint density at radius 3 is 2.39 bits per heavy atom. The number of rotatable bonds is 8. The van der Waals surface area contributed by atoms with Crippen LogP contribution in [-0.2, 0) is 21.4 Å². The van der Waals surface area contributed by atoms with Gasteiger partial charge in [0.2, 0.25) is 10.0 Å². The monoisotopic (exact) mass is 422 g/mol. The molecule has 2 atom stereocenters. The van der Waals surface area contributed by atoms with Gasteiger partial charge in [-0.05, 0) is 43.5 Å². The van der Waals surface area contributed by atoms with E-state index < -0.39 is 10.0 Å². The van der Waals surface area contributed by atoms with Crippen molar-refractivity contribution in [3.63, 3.8) is 0 Å². The van der Waals surface area contributed by atoms with Crippen LogP contribution in [0.1, 0.15) is 12.5 Å². The number of hydrogen-bond acceptors (Lipinski definition) is 4. The number of carbonyl (C=O) groups excluding carboxylic acids is 1. The van der Waals surface area contributed by atoms with Gasteiger partial charge < -0.3 is 10.2 Å². The Morgan fingerprint density at radius 2 is 1.82 bits per heavy atom. The van der Waals surface area contributed by atoms with Gasteiger partial charge in [-0.25, -0.2) is 12.7 Å². The molecule has 2 aromatic rings. The molecule has 2 rings (SSSR count). The van der Waals surface area contributed by atoms with Gasteiger partial charge in [0.15, 0.2) is 6.04 Å². The van der Waals surface area contributed by atoms with Gasteiger partial charge in [-0.15, -0.1) is 11.8 Å². The molecule has 0 radical (unpaired) electrons. The van der Waals surface area contributed by atoms with Crippen molar-refractivity contribution in [3.8, 4) is 0 Å². The van der Waals surface area contributed by atoms with E-state index in [1.54, 1.807) is 23.9 Å². The molecule has 0 aromatic heterocycles. The summed E-state index contributed by atoms with van der Waals surface area (Å²) < 4.78 is 25.7. The van der Waals surface area contributed by atoms with Crippen molar-refractivity contribution in [1.82, 2.24) is 4.31 Å². The first-order chi connectivity index (χ1) is 13.1. The Bertz CT molecular complexity index is 913. The molecule has 0 saturated heterocycles. The predicted molar refractivity (Wildman–Crippen MR) is 114 cm³/mol. The third-order valence-corrected chi connectivity index (χ3v) is 7.21. The zero-order chi connectivity index (χ0) is 20.9. The highest BCUT2D eigenvalue weighted by Crippen LogP contribution is 2.18. The summed E-state index contributed by atoms with van der Waals surface area (Å²) in [6.07, 6.45) is 2.04. The van der Waals surface area contributed by atoms with Crippen LogP contribution in [-0.4, -0.2) is 52.1 Å². The lowest BCUT2D eigenvalue weighted by Gasteiger charge is -2.21. The Balaban J connectivity index is 2.05. The van der Waals surface area contributed by atoms with Crippen molar-refractivity contribution >= 4 is 33.4 Å². The minimum atomic E-state index is -3.54. The summed E-state index contributed by atoms with van der Waals surface area (Å²) in [5, 5.41) is 2.83. The standard InChI is InChI=1S/C20H27N3O3S2/c1-15(23(4)14-16-9-11-18(27-5)12-10-16)20(24)21-17-7-6-8-19(13-17)28(25,26)22(2)3/h6-13,15H,14H2,1-5H3,(H,21,24)/p+1/t15-/m0/s1. The number of amides is 1. The van der Waals surface area contributed by atoms with Crippen LogP contribution in [0.3, 0.4) is 0 Å². The largest absolute Gasteiger partial charge is 0.324 e. The van der Waals surface area contributed by atoms with Crippen LogP contribution >= 0.6 is 11.8 Å². The first kappa shape index (κ1) is 22.4. The number of benzene rings is 2. The number of nitrogens with zero attached hydrogens (tertiary/aromatic N) is 1. The summed E-state index contributed by atoms with van der Waals surface area (Å²) in [5.41, 5.74) is 1.63. The van der Waals surface area contributed by atoms with Crippen molar-refractivity contribution < 1.29 is 18.1 Å². The molecule has 0 heterocycles. The first-order valence-corrected chi connectivity index (χ1v) is 11.6. The highest BCUT2D eigenvalue weighted by Gasteiger charge is 2.23. The average molecular weight is 423 g/mol. The molecule has 1 amide bonds. The third kappa shape index (κ3) is 5.57. The smallest absolute Gasteiger partial charge is 0.282 e. The molecule has 0 fully saturated rings. The molecule has 6 nitrogen and oxygen atoms in total. The molecule has 0 bridgehead atoms. The second-order valence-corrected chi connectivity index (χ2v) is 9.93. The number of carbonyl (C=O) groups is 1. The maximum atomic E-state index is 12.6. The molecule has 0 aliphatic heterocycles. The fourth-order valence-corrected chi connectivity index (χ4v) is 3.99. The van der Waals surface area contributed by atoms with Crippen LogP contribution in [0.4, 0.5) is 5.69 Å². The van der Waals surface area contributed by atoms with Gasteiger partial charge in [-0.3, -0.25) is 4.79 Å². The Kier molecular flexibility index (Phi) is 7.65. The second kappa shape index (κ2) is 9.56. The van der Waals surface area contributed by atoms with Gasteiger partial charge in [-0.1, -0.05) is 18.2 Å². The highest BCUT2D eigenvalue weighted by atomic mass is 32.2. The molecule has 1 unspecified atom stereocenters. The Hall–Kier alpha value is -1.87. The molecule has 2 N–H and O–H groups in total. The van der Waals surface area contributed by atoms with Gasteiger partial charge in [0.1, 0.15) is 6.54 Å². The van der Waals surface area contributed by atoms with E-state index in [0.717, 1.165) is 21.3 Å². The number of thioether (sulfide) groups is 1. The van der Waals surface area contributed by atoms with Crippen LogP contribution in [0.2, 0.25) is 0 Å². The highest BCUT2D eigenvalue weighted by molar-refractivity contribution is 7.98. The summed E-state index contributed by atoms with van der Waals surface area (Å²) in [6, 6.07) is 14.3. The molecular weight excluding hydrogens is 394 g/mol. The minimum Gasteiger partial charge on any atom is -0.324 e. The van der Waals surface area contributed by atoms with Gasteiger partial charge in [0.05, 0.1) is 11.9 Å². The van der Waals surface area contributed by atoms with E-state index in [4.69, 9.17) is 0 Å². The normalized spacial score (nSPS) is 13.9. The van der Waals surface area contributed by atoms with Crippen molar-refractivity contribution in [2.45, 2.75) is 29.3 Å². The zero-order valence-electron chi connectivity index (χ0n) is 16.9. The maximum Gasteiger partial charge on any atom is 0.282 e. The van der Waals surface area contributed by atoms with Crippen molar-refractivity contribution in [3.05, 3.63) is 54.1 Å². The van der Waals surface area contributed by atoms with E-state index in [1.807, 2.05) is 20.2 Å². The van der Waals surface area contributed by atoms with Crippen molar-refractivity contribution in [2.75, 3.05) is 32.7 Å². The van der Waals surface area contributed by atoms with Crippen LogP contribution in [0.5, 0.6) is 0 Å². The number of nitrogens with one attached hydrogen (secondary N) is 2. The molecular formula is C20H28N3O3S2+. The minimum absolute atomic E-state index is 0.150. The van der Waals surface area contributed by atoms with E-state index in [0.29, 0.717) is 5.69 Å². The maximum absolute atomic E-state index is 12.6. The SMILES string of the molecule is CSc1ccc(C[NH+](C)[C@@H](C)C(=O)Nc2cccc(S(=O)(=O)N(C)C)c2)cc1. The molecule has 0 aliphatic rings. The summed E-state index contributed by atoms with van der Waals surface area (Å²) in [6.45, 7) is 2.58. The summed E-state index contributed by atoms with van der Waals surface area (Å²) in [5.74, 6) is -0.155. The lowest BCUT2D eigenvalue weighted by molar-refractivity contribution is -0.907.